The molecule has 1 aromatic carbocycles. The first-order chi connectivity index (χ1) is 9.61. The lowest BCUT2D eigenvalue weighted by atomic mass is 9.94. The van der Waals surface area contributed by atoms with Crippen molar-refractivity contribution in [3.63, 3.8) is 0 Å². The highest BCUT2D eigenvalue weighted by molar-refractivity contribution is 6.31. The number of carbonyl (C=O) groups is 1. The molecule has 1 aromatic rings. The van der Waals surface area contributed by atoms with Crippen LogP contribution in [0.5, 0.6) is 0 Å². The van der Waals surface area contributed by atoms with E-state index in [2.05, 4.69) is 0 Å². The second kappa shape index (κ2) is 5.59. The monoisotopic (exact) mass is 311 g/mol. The maximum Gasteiger partial charge on any atom is 0.278 e. The number of amides is 1. The highest BCUT2D eigenvalue weighted by atomic mass is 35.5. The Bertz CT molecular complexity index is 537. The third-order valence-corrected chi connectivity index (χ3v) is 3.71. The van der Waals surface area contributed by atoms with Gasteiger partial charge in [-0.3, -0.25) is 4.79 Å². The predicted molar refractivity (Wildman–Crippen MR) is 81.5 cm³/mol. The van der Waals surface area contributed by atoms with Crippen molar-refractivity contribution < 1.29 is 14.4 Å². The molecule has 0 spiro atoms. The first-order valence-electron chi connectivity index (χ1n) is 7.01. The Balaban J connectivity index is 2.25. The Morgan fingerprint density at radius 1 is 1.29 bits per heavy atom. The van der Waals surface area contributed by atoms with E-state index in [-0.39, 0.29) is 11.3 Å². The summed E-state index contributed by atoms with van der Waals surface area (Å²) in [6.45, 7) is 9.86. The molecule has 0 radical (unpaired) electrons. The van der Waals surface area contributed by atoms with Gasteiger partial charge < -0.3 is 4.74 Å². The van der Waals surface area contributed by atoms with Crippen molar-refractivity contribution in [3.8, 4) is 0 Å². The van der Waals surface area contributed by atoms with Gasteiger partial charge in [-0.15, -0.1) is 0 Å². The van der Waals surface area contributed by atoms with E-state index in [1.807, 2.05) is 39.0 Å². The number of hydrogen-bond acceptors (Lipinski definition) is 3. The first-order valence-corrected chi connectivity index (χ1v) is 7.39. The molecule has 0 bridgehead atoms. The molecule has 1 saturated heterocycles. The van der Waals surface area contributed by atoms with Crippen molar-refractivity contribution in [2.45, 2.75) is 53.1 Å². The SMILES string of the molecule is CC1(C)OC(C(C)(C)C)ON(Cc2ccccc2Cl)C1=O. The zero-order valence-corrected chi connectivity index (χ0v) is 13.9. The first kappa shape index (κ1) is 16.3. The van der Waals surface area contributed by atoms with Crippen molar-refractivity contribution in [3.05, 3.63) is 34.9 Å². The molecule has 2 rings (SSSR count). The summed E-state index contributed by atoms with van der Waals surface area (Å²) in [6, 6.07) is 7.43. The summed E-state index contributed by atoms with van der Waals surface area (Å²) in [7, 11) is 0. The van der Waals surface area contributed by atoms with Crippen LogP contribution >= 0.6 is 11.6 Å². The fourth-order valence-corrected chi connectivity index (χ4v) is 2.22. The Hall–Kier alpha value is -1.10. The Morgan fingerprint density at radius 3 is 2.48 bits per heavy atom. The number of carbonyl (C=O) groups excluding carboxylic acids is 1. The predicted octanol–water partition coefficient (Wildman–Crippen LogP) is 3.78. The van der Waals surface area contributed by atoms with Gasteiger partial charge in [0, 0.05) is 10.4 Å². The smallest absolute Gasteiger partial charge is 0.278 e. The lowest BCUT2D eigenvalue weighted by Gasteiger charge is -2.45. The number of benzene rings is 1. The topological polar surface area (TPSA) is 38.8 Å². The van der Waals surface area contributed by atoms with E-state index in [0.717, 1.165) is 5.56 Å². The van der Waals surface area contributed by atoms with Crippen molar-refractivity contribution in [1.82, 2.24) is 5.06 Å². The number of hydrogen-bond donors (Lipinski definition) is 0. The fourth-order valence-electron chi connectivity index (χ4n) is 2.03. The van der Waals surface area contributed by atoms with Crippen molar-refractivity contribution in [2.75, 3.05) is 0 Å². The van der Waals surface area contributed by atoms with E-state index in [0.29, 0.717) is 11.6 Å². The van der Waals surface area contributed by atoms with Crippen LogP contribution in [0.4, 0.5) is 0 Å². The van der Waals surface area contributed by atoms with Crippen molar-refractivity contribution in [2.24, 2.45) is 5.41 Å². The molecule has 0 aromatic heterocycles. The molecule has 1 heterocycles. The minimum atomic E-state index is -0.919. The van der Waals surface area contributed by atoms with Crippen LogP contribution in [0.3, 0.4) is 0 Å². The molecule has 116 valence electrons. The molecular formula is C16H22ClNO3. The van der Waals surface area contributed by atoms with Crippen molar-refractivity contribution >= 4 is 17.5 Å². The minimum Gasteiger partial charge on any atom is -0.334 e. The van der Waals surface area contributed by atoms with Gasteiger partial charge >= 0.3 is 0 Å². The molecule has 1 aliphatic rings. The third-order valence-electron chi connectivity index (χ3n) is 3.35. The summed E-state index contributed by atoms with van der Waals surface area (Å²) in [5, 5.41) is 1.98. The molecule has 1 aliphatic heterocycles. The molecule has 1 amide bonds. The zero-order chi connectivity index (χ0) is 15.8. The molecule has 5 heteroatoms. The molecule has 1 fully saturated rings. The van der Waals surface area contributed by atoms with Crippen LogP contribution in [0.2, 0.25) is 5.02 Å². The molecule has 0 N–H and O–H groups in total. The summed E-state index contributed by atoms with van der Waals surface area (Å²) in [4.78, 5) is 18.2. The molecule has 4 nitrogen and oxygen atoms in total. The quantitative estimate of drug-likeness (QED) is 0.834. The molecule has 0 saturated carbocycles. The summed E-state index contributed by atoms with van der Waals surface area (Å²) >= 11 is 6.16. The van der Waals surface area contributed by atoms with Crippen LogP contribution in [0.25, 0.3) is 0 Å². The Labute approximate surface area is 130 Å². The normalized spacial score (nSPS) is 22.5. The van der Waals surface area contributed by atoms with Crippen LogP contribution in [-0.4, -0.2) is 22.9 Å². The van der Waals surface area contributed by atoms with Gasteiger partial charge in [-0.1, -0.05) is 50.6 Å². The highest BCUT2D eigenvalue weighted by Crippen LogP contribution is 2.34. The van der Waals surface area contributed by atoms with Gasteiger partial charge in [-0.05, 0) is 25.5 Å². The largest absolute Gasteiger partial charge is 0.334 e. The molecule has 1 unspecified atom stereocenters. The second-order valence-corrected chi connectivity index (χ2v) is 7.27. The van der Waals surface area contributed by atoms with Crippen LogP contribution in [-0.2, 0) is 20.9 Å². The van der Waals surface area contributed by atoms with E-state index < -0.39 is 11.9 Å². The van der Waals surface area contributed by atoms with E-state index in [1.165, 1.54) is 5.06 Å². The molecule has 21 heavy (non-hydrogen) atoms. The molecule has 1 atom stereocenters. The lowest BCUT2D eigenvalue weighted by molar-refractivity contribution is -0.359. The number of ether oxygens (including phenoxy) is 1. The maximum atomic E-state index is 12.5. The van der Waals surface area contributed by atoms with Crippen LogP contribution in [0.1, 0.15) is 40.2 Å². The van der Waals surface area contributed by atoms with Gasteiger partial charge in [0.1, 0.15) is 5.60 Å². The number of rotatable bonds is 2. The standard InChI is InChI=1S/C16H22ClNO3/c1-15(2,3)14-20-16(4,5)13(19)18(21-14)10-11-8-6-7-9-12(11)17/h6-9,14H,10H2,1-5H3. The van der Waals surface area contributed by atoms with E-state index in [1.54, 1.807) is 19.9 Å². The van der Waals surface area contributed by atoms with Crippen LogP contribution < -0.4 is 0 Å². The lowest BCUT2D eigenvalue weighted by Crippen LogP contribution is -2.58. The van der Waals surface area contributed by atoms with Gasteiger partial charge in [-0.2, -0.15) is 0 Å². The Kier molecular flexibility index (Phi) is 4.34. The number of hydroxylamine groups is 2. The summed E-state index contributed by atoms with van der Waals surface area (Å²) < 4.78 is 5.80. The van der Waals surface area contributed by atoms with Crippen LogP contribution in [0, 0.1) is 5.41 Å². The summed E-state index contributed by atoms with van der Waals surface area (Å²) in [5.41, 5.74) is -0.313. The summed E-state index contributed by atoms with van der Waals surface area (Å²) in [6.07, 6.45) is -0.493. The second-order valence-electron chi connectivity index (χ2n) is 6.86. The number of halogens is 1. The maximum absolute atomic E-state index is 12.5. The van der Waals surface area contributed by atoms with E-state index >= 15 is 0 Å². The summed E-state index contributed by atoms with van der Waals surface area (Å²) in [5.74, 6) is -0.206. The van der Waals surface area contributed by atoms with Crippen LogP contribution in [0.15, 0.2) is 24.3 Å². The number of nitrogens with zero attached hydrogens (tertiary/aromatic N) is 1. The van der Waals surface area contributed by atoms with E-state index in [9.17, 15) is 4.79 Å². The van der Waals surface area contributed by atoms with Gasteiger partial charge in [0.15, 0.2) is 6.29 Å². The molecule has 0 aliphatic carbocycles. The average Bonchev–Trinajstić information content (AvgIpc) is 2.36. The fraction of sp³-hybridized carbons (Fsp3) is 0.562. The van der Waals surface area contributed by atoms with Gasteiger partial charge in [-0.25, -0.2) is 9.90 Å². The average molecular weight is 312 g/mol. The van der Waals surface area contributed by atoms with Gasteiger partial charge in [0.2, 0.25) is 0 Å². The third kappa shape index (κ3) is 3.57. The van der Waals surface area contributed by atoms with Gasteiger partial charge in [0.05, 0.1) is 6.54 Å². The molecular weight excluding hydrogens is 290 g/mol. The van der Waals surface area contributed by atoms with Crippen molar-refractivity contribution in [1.29, 1.82) is 0 Å². The highest BCUT2D eigenvalue weighted by Gasteiger charge is 2.46. The van der Waals surface area contributed by atoms with Gasteiger partial charge in [0.25, 0.3) is 5.91 Å². The van der Waals surface area contributed by atoms with E-state index in [4.69, 9.17) is 21.2 Å². The Morgan fingerprint density at radius 2 is 1.90 bits per heavy atom. The minimum absolute atomic E-state index is 0.206. The zero-order valence-electron chi connectivity index (χ0n) is 13.1.